The predicted molar refractivity (Wildman–Crippen MR) is 85.0 cm³/mol. The lowest BCUT2D eigenvalue weighted by Crippen LogP contribution is -2.36. The summed E-state index contributed by atoms with van der Waals surface area (Å²) in [5, 5.41) is 7.40. The fourth-order valence-electron chi connectivity index (χ4n) is 3.47. The van der Waals surface area contributed by atoms with Crippen LogP contribution in [0, 0.1) is 5.92 Å². The van der Waals surface area contributed by atoms with Crippen molar-refractivity contribution in [1.82, 2.24) is 5.32 Å². The summed E-state index contributed by atoms with van der Waals surface area (Å²) in [5.41, 5.74) is 1.53. The zero-order valence-corrected chi connectivity index (χ0v) is 12.5. The predicted octanol–water partition coefficient (Wildman–Crippen LogP) is 4.61. The van der Waals surface area contributed by atoms with E-state index in [-0.39, 0.29) is 0 Å². The van der Waals surface area contributed by atoms with Crippen LogP contribution >= 0.6 is 11.3 Å². The van der Waals surface area contributed by atoms with Gasteiger partial charge in [-0.3, -0.25) is 0 Å². The fraction of sp³-hybridized carbons (Fsp3) is 0.529. The first-order valence-corrected chi connectivity index (χ1v) is 8.39. The molecule has 1 N–H and O–H groups in total. The summed E-state index contributed by atoms with van der Waals surface area (Å²) in [4.78, 5) is 0. The van der Waals surface area contributed by atoms with Gasteiger partial charge in [-0.2, -0.15) is 0 Å². The molecule has 0 bridgehead atoms. The fourth-order valence-corrected chi connectivity index (χ4v) is 4.44. The van der Waals surface area contributed by atoms with Crippen LogP contribution in [-0.4, -0.2) is 13.1 Å². The Labute approximate surface area is 120 Å². The van der Waals surface area contributed by atoms with Gasteiger partial charge in [0.25, 0.3) is 0 Å². The van der Waals surface area contributed by atoms with Crippen LogP contribution in [0.1, 0.15) is 37.7 Å². The number of thiophene rings is 1. The van der Waals surface area contributed by atoms with Crippen LogP contribution in [0.4, 0.5) is 0 Å². The molecule has 0 spiro atoms. The molecular weight excluding hydrogens is 250 g/mol. The topological polar surface area (TPSA) is 12.0 Å². The van der Waals surface area contributed by atoms with Crippen LogP contribution in [-0.2, 0) is 6.42 Å². The van der Waals surface area contributed by atoms with Gasteiger partial charge in [0.15, 0.2) is 0 Å². The van der Waals surface area contributed by atoms with Gasteiger partial charge in [0, 0.05) is 10.7 Å². The third-order valence-electron chi connectivity index (χ3n) is 4.59. The minimum atomic E-state index is 0.651. The van der Waals surface area contributed by atoms with Crippen molar-refractivity contribution in [3.05, 3.63) is 35.2 Å². The van der Waals surface area contributed by atoms with Gasteiger partial charge in [0.05, 0.1) is 0 Å². The highest BCUT2D eigenvalue weighted by atomic mass is 32.1. The lowest BCUT2D eigenvalue weighted by Gasteiger charge is -2.30. The van der Waals surface area contributed by atoms with Gasteiger partial charge in [0.2, 0.25) is 0 Å². The number of rotatable bonds is 4. The van der Waals surface area contributed by atoms with E-state index in [0.717, 1.165) is 5.92 Å². The zero-order chi connectivity index (χ0) is 13.1. The van der Waals surface area contributed by atoms with E-state index in [0.29, 0.717) is 6.04 Å². The van der Waals surface area contributed by atoms with Gasteiger partial charge in [-0.05, 0) is 54.6 Å². The maximum absolute atomic E-state index is 3.58. The highest BCUT2D eigenvalue weighted by Gasteiger charge is 2.23. The third kappa shape index (κ3) is 2.85. The minimum absolute atomic E-state index is 0.651. The van der Waals surface area contributed by atoms with Crippen molar-refractivity contribution in [2.45, 2.75) is 44.6 Å². The molecule has 0 amide bonds. The van der Waals surface area contributed by atoms with E-state index in [2.05, 4.69) is 42.0 Å². The Kier molecular flexibility index (Phi) is 4.19. The molecule has 1 atom stereocenters. The molecular formula is C17H23NS. The quantitative estimate of drug-likeness (QED) is 0.857. The Bertz CT molecular complexity index is 525. The Hall–Kier alpha value is -0.860. The molecule has 1 aromatic heterocycles. The van der Waals surface area contributed by atoms with Crippen molar-refractivity contribution in [1.29, 1.82) is 0 Å². The largest absolute Gasteiger partial charge is 0.316 e. The molecule has 0 aliphatic heterocycles. The Morgan fingerprint density at radius 3 is 2.79 bits per heavy atom. The van der Waals surface area contributed by atoms with Crippen molar-refractivity contribution in [3.8, 4) is 0 Å². The molecule has 2 aromatic rings. The van der Waals surface area contributed by atoms with Crippen LogP contribution in [0.3, 0.4) is 0 Å². The van der Waals surface area contributed by atoms with E-state index >= 15 is 0 Å². The van der Waals surface area contributed by atoms with E-state index < -0.39 is 0 Å². The van der Waals surface area contributed by atoms with E-state index in [9.17, 15) is 0 Å². The molecule has 1 saturated carbocycles. The normalized spacial score (nSPS) is 18.8. The Morgan fingerprint density at radius 2 is 2.00 bits per heavy atom. The first kappa shape index (κ1) is 13.1. The SMILES string of the molecule is CNC(Cc1csc2ccccc12)C1CCCCC1. The smallest absolute Gasteiger partial charge is 0.0345 e. The Balaban J connectivity index is 1.78. The third-order valence-corrected chi connectivity index (χ3v) is 5.60. The van der Waals surface area contributed by atoms with Crippen LogP contribution in [0.5, 0.6) is 0 Å². The molecule has 1 aliphatic rings. The van der Waals surface area contributed by atoms with Gasteiger partial charge < -0.3 is 5.32 Å². The molecule has 1 fully saturated rings. The van der Waals surface area contributed by atoms with Crippen molar-refractivity contribution in [3.63, 3.8) is 0 Å². The Morgan fingerprint density at radius 1 is 1.21 bits per heavy atom. The zero-order valence-electron chi connectivity index (χ0n) is 11.7. The van der Waals surface area contributed by atoms with E-state index in [1.165, 1.54) is 54.2 Å². The molecule has 1 nitrogen and oxygen atoms in total. The number of likely N-dealkylation sites (N-methyl/N-ethyl adjacent to an activating group) is 1. The first-order chi connectivity index (χ1) is 9.38. The van der Waals surface area contributed by atoms with Crippen molar-refractivity contribution in [2.75, 3.05) is 7.05 Å². The van der Waals surface area contributed by atoms with Crippen LogP contribution < -0.4 is 5.32 Å². The molecule has 1 aliphatic carbocycles. The van der Waals surface area contributed by atoms with Crippen LogP contribution in [0.2, 0.25) is 0 Å². The average Bonchev–Trinajstić information content (AvgIpc) is 2.89. The summed E-state index contributed by atoms with van der Waals surface area (Å²) in [6.07, 6.45) is 8.29. The highest BCUT2D eigenvalue weighted by Crippen LogP contribution is 2.31. The van der Waals surface area contributed by atoms with Gasteiger partial charge >= 0.3 is 0 Å². The van der Waals surface area contributed by atoms with Gasteiger partial charge in [-0.25, -0.2) is 0 Å². The van der Waals surface area contributed by atoms with Crippen LogP contribution in [0.15, 0.2) is 29.6 Å². The van der Waals surface area contributed by atoms with Gasteiger partial charge in [-0.15, -0.1) is 11.3 Å². The molecule has 0 radical (unpaired) electrons. The number of hydrogen-bond acceptors (Lipinski definition) is 2. The summed E-state index contributed by atoms with van der Waals surface area (Å²) in [7, 11) is 2.13. The number of benzene rings is 1. The number of hydrogen-bond donors (Lipinski definition) is 1. The number of fused-ring (bicyclic) bond motifs is 1. The standard InChI is InChI=1S/C17H23NS/c1-18-16(13-7-3-2-4-8-13)11-14-12-19-17-10-6-5-9-15(14)17/h5-6,9-10,12-13,16,18H,2-4,7-8,11H2,1H3. The monoisotopic (exact) mass is 273 g/mol. The molecule has 1 aromatic carbocycles. The second-order valence-corrected chi connectivity index (χ2v) is 6.67. The lowest BCUT2D eigenvalue weighted by atomic mass is 9.81. The van der Waals surface area contributed by atoms with E-state index in [1.54, 1.807) is 0 Å². The van der Waals surface area contributed by atoms with E-state index in [4.69, 9.17) is 0 Å². The summed E-state index contributed by atoms with van der Waals surface area (Å²) in [6, 6.07) is 9.46. The molecule has 1 unspecified atom stereocenters. The average molecular weight is 273 g/mol. The summed E-state index contributed by atoms with van der Waals surface area (Å²) >= 11 is 1.89. The van der Waals surface area contributed by atoms with Gasteiger partial charge in [0.1, 0.15) is 0 Å². The van der Waals surface area contributed by atoms with Crippen molar-refractivity contribution < 1.29 is 0 Å². The maximum Gasteiger partial charge on any atom is 0.0345 e. The summed E-state index contributed by atoms with van der Waals surface area (Å²) in [5.74, 6) is 0.873. The van der Waals surface area contributed by atoms with E-state index in [1.807, 2.05) is 11.3 Å². The first-order valence-electron chi connectivity index (χ1n) is 7.51. The molecule has 102 valence electrons. The van der Waals surface area contributed by atoms with Crippen molar-refractivity contribution >= 4 is 21.4 Å². The minimum Gasteiger partial charge on any atom is -0.316 e. The second kappa shape index (κ2) is 6.06. The molecule has 19 heavy (non-hydrogen) atoms. The van der Waals surface area contributed by atoms with Gasteiger partial charge in [-0.1, -0.05) is 37.5 Å². The second-order valence-electron chi connectivity index (χ2n) is 5.75. The highest BCUT2D eigenvalue weighted by molar-refractivity contribution is 7.17. The van der Waals surface area contributed by atoms with Crippen molar-refractivity contribution in [2.24, 2.45) is 5.92 Å². The summed E-state index contributed by atoms with van der Waals surface area (Å²) in [6.45, 7) is 0. The number of nitrogens with one attached hydrogen (secondary N) is 1. The summed E-state index contributed by atoms with van der Waals surface area (Å²) < 4.78 is 1.43. The molecule has 3 rings (SSSR count). The molecule has 1 heterocycles. The maximum atomic E-state index is 3.58. The molecule has 2 heteroatoms. The molecule has 0 saturated heterocycles. The lowest BCUT2D eigenvalue weighted by molar-refractivity contribution is 0.277. The van der Waals surface area contributed by atoms with Crippen LogP contribution in [0.25, 0.3) is 10.1 Å².